The molecular formula is C14H20N2O4S. The van der Waals surface area contributed by atoms with E-state index < -0.39 is 15.9 Å². The number of nitrogens with one attached hydrogen (secondary N) is 1. The van der Waals surface area contributed by atoms with Crippen LogP contribution in [0.3, 0.4) is 0 Å². The van der Waals surface area contributed by atoms with Crippen molar-refractivity contribution in [3.05, 3.63) is 30.3 Å². The zero-order valence-corrected chi connectivity index (χ0v) is 12.6. The Kier molecular flexibility index (Phi) is 5.33. The highest BCUT2D eigenvalue weighted by Crippen LogP contribution is 2.26. The summed E-state index contributed by atoms with van der Waals surface area (Å²) in [5.74, 6) is -0.0705. The third-order valence-corrected chi connectivity index (χ3v) is 5.77. The van der Waals surface area contributed by atoms with E-state index in [1.54, 1.807) is 35.8 Å². The molecule has 0 bridgehead atoms. The maximum Gasteiger partial charge on any atom is 0.243 e. The van der Waals surface area contributed by atoms with E-state index in [9.17, 15) is 13.2 Å². The number of sulfonamides is 1. The topological polar surface area (TPSA) is 86.7 Å². The molecule has 1 aliphatic rings. The third-order valence-electron chi connectivity index (χ3n) is 3.86. The molecule has 1 amide bonds. The minimum atomic E-state index is -3.41. The zero-order chi connectivity index (χ0) is 15.3. The van der Waals surface area contributed by atoms with Gasteiger partial charge in [-0.05, 0) is 37.3 Å². The summed E-state index contributed by atoms with van der Waals surface area (Å²) in [6.45, 7) is 0.950. The van der Waals surface area contributed by atoms with Crippen LogP contribution >= 0.6 is 0 Å². The minimum absolute atomic E-state index is 0.270. The van der Waals surface area contributed by atoms with Crippen molar-refractivity contribution < 1.29 is 18.4 Å². The van der Waals surface area contributed by atoms with Gasteiger partial charge in [0, 0.05) is 19.5 Å². The van der Waals surface area contributed by atoms with Crippen molar-refractivity contribution in [1.29, 1.82) is 0 Å². The van der Waals surface area contributed by atoms with Crippen molar-refractivity contribution in [3.63, 3.8) is 0 Å². The molecule has 0 saturated carbocycles. The molecule has 0 atom stereocenters. The number of carbonyl (C=O) groups excluding carboxylic acids is 1. The zero-order valence-electron chi connectivity index (χ0n) is 11.7. The monoisotopic (exact) mass is 312 g/mol. The Hall–Kier alpha value is -1.44. The van der Waals surface area contributed by atoms with Gasteiger partial charge in [0.15, 0.2) is 0 Å². The van der Waals surface area contributed by atoms with E-state index in [2.05, 4.69) is 0 Å². The Bertz CT molecular complexity index is 566. The van der Waals surface area contributed by atoms with Crippen LogP contribution in [-0.4, -0.2) is 36.9 Å². The summed E-state index contributed by atoms with van der Waals surface area (Å²) >= 11 is 0. The summed E-state index contributed by atoms with van der Waals surface area (Å²) in [6, 6.07) is 8.43. The lowest BCUT2D eigenvalue weighted by molar-refractivity contribution is -0.129. The summed E-state index contributed by atoms with van der Waals surface area (Å²) in [4.78, 5) is 11.3. The molecule has 116 valence electrons. The molecule has 1 heterocycles. The van der Waals surface area contributed by atoms with Gasteiger partial charge in [0.05, 0.1) is 4.90 Å². The number of amides is 1. The molecule has 1 saturated heterocycles. The number of hydrogen-bond donors (Lipinski definition) is 2. The van der Waals surface area contributed by atoms with Crippen molar-refractivity contribution in [3.8, 4) is 0 Å². The van der Waals surface area contributed by atoms with E-state index in [1.165, 1.54) is 4.31 Å². The van der Waals surface area contributed by atoms with Gasteiger partial charge in [0.2, 0.25) is 15.9 Å². The van der Waals surface area contributed by atoms with Crippen LogP contribution in [0.15, 0.2) is 35.2 Å². The summed E-state index contributed by atoms with van der Waals surface area (Å²) in [5, 5.41) is 8.45. The van der Waals surface area contributed by atoms with Gasteiger partial charge in [-0.15, -0.1) is 0 Å². The molecule has 0 unspecified atom stereocenters. The molecule has 2 rings (SSSR count). The Morgan fingerprint density at radius 2 is 1.86 bits per heavy atom. The molecule has 0 aliphatic carbocycles. The van der Waals surface area contributed by atoms with Crippen LogP contribution in [0, 0.1) is 5.92 Å². The SMILES string of the molecule is O=C(CCC1CCN(S(=O)(=O)c2ccccc2)CC1)NO. The molecular weight excluding hydrogens is 292 g/mol. The molecule has 6 nitrogen and oxygen atoms in total. The Morgan fingerprint density at radius 1 is 1.24 bits per heavy atom. The standard InChI is InChI=1S/C14H20N2O4S/c17-14(15-18)7-6-12-8-10-16(11-9-12)21(19,20)13-4-2-1-3-5-13/h1-5,12,18H,6-11H2,(H,15,17). The van der Waals surface area contributed by atoms with Crippen molar-refractivity contribution in [2.45, 2.75) is 30.6 Å². The number of nitrogens with zero attached hydrogens (tertiary/aromatic N) is 1. The van der Waals surface area contributed by atoms with Crippen LogP contribution in [0.4, 0.5) is 0 Å². The lowest BCUT2D eigenvalue weighted by Crippen LogP contribution is -2.38. The first-order valence-corrected chi connectivity index (χ1v) is 8.46. The minimum Gasteiger partial charge on any atom is -0.289 e. The van der Waals surface area contributed by atoms with Crippen LogP contribution in [0.5, 0.6) is 0 Å². The van der Waals surface area contributed by atoms with Crippen LogP contribution in [-0.2, 0) is 14.8 Å². The summed E-state index contributed by atoms with van der Waals surface area (Å²) < 4.78 is 26.4. The van der Waals surface area contributed by atoms with Gasteiger partial charge in [-0.3, -0.25) is 10.0 Å². The Morgan fingerprint density at radius 3 is 2.43 bits per heavy atom. The fourth-order valence-corrected chi connectivity index (χ4v) is 4.06. The van der Waals surface area contributed by atoms with Crippen molar-refractivity contribution in [2.24, 2.45) is 5.92 Å². The highest BCUT2D eigenvalue weighted by molar-refractivity contribution is 7.89. The molecule has 7 heteroatoms. The smallest absolute Gasteiger partial charge is 0.243 e. The number of piperidine rings is 1. The van der Waals surface area contributed by atoms with Crippen LogP contribution in [0.2, 0.25) is 0 Å². The number of rotatable bonds is 5. The fourth-order valence-electron chi connectivity index (χ4n) is 2.57. The van der Waals surface area contributed by atoms with Gasteiger partial charge in [-0.25, -0.2) is 13.9 Å². The quantitative estimate of drug-likeness (QED) is 0.635. The van der Waals surface area contributed by atoms with Crippen molar-refractivity contribution >= 4 is 15.9 Å². The Balaban J connectivity index is 1.90. The van der Waals surface area contributed by atoms with Gasteiger partial charge >= 0.3 is 0 Å². The summed E-state index contributed by atoms with van der Waals surface area (Å²) in [7, 11) is -3.41. The number of benzene rings is 1. The first-order chi connectivity index (χ1) is 10.0. The second-order valence-corrected chi connectivity index (χ2v) is 7.17. The van der Waals surface area contributed by atoms with Crippen LogP contribution in [0.25, 0.3) is 0 Å². The second-order valence-electron chi connectivity index (χ2n) is 5.23. The maximum atomic E-state index is 12.4. The summed E-state index contributed by atoms with van der Waals surface area (Å²) in [6.07, 6.45) is 2.42. The first kappa shape index (κ1) is 15.9. The van der Waals surface area contributed by atoms with Gasteiger partial charge in [-0.2, -0.15) is 4.31 Å². The van der Waals surface area contributed by atoms with Gasteiger partial charge in [0.1, 0.15) is 0 Å². The van der Waals surface area contributed by atoms with E-state index in [0.717, 1.165) is 12.8 Å². The molecule has 2 N–H and O–H groups in total. The van der Waals surface area contributed by atoms with Crippen LogP contribution in [0.1, 0.15) is 25.7 Å². The average Bonchev–Trinajstić information content (AvgIpc) is 2.53. The van der Waals surface area contributed by atoms with E-state index in [4.69, 9.17) is 5.21 Å². The second kappa shape index (κ2) is 7.02. The Labute approximate surface area is 124 Å². The van der Waals surface area contributed by atoms with E-state index in [1.807, 2.05) is 0 Å². The predicted molar refractivity (Wildman–Crippen MR) is 77.1 cm³/mol. The maximum absolute atomic E-state index is 12.4. The molecule has 1 aromatic rings. The van der Waals surface area contributed by atoms with Gasteiger partial charge < -0.3 is 0 Å². The van der Waals surface area contributed by atoms with Gasteiger partial charge in [0.25, 0.3) is 0 Å². The largest absolute Gasteiger partial charge is 0.289 e. The van der Waals surface area contributed by atoms with Gasteiger partial charge in [-0.1, -0.05) is 18.2 Å². The van der Waals surface area contributed by atoms with E-state index in [0.29, 0.717) is 30.3 Å². The molecule has 0 spiro atoms. The lowest BCUT2D eigenvalue weighted by atomic mass is 9.93. The normalized spacial score (nSPS) is 17.6. The average molecular weight is 312 g/mol. The highest BCUT2D eigenvalue weighted by atomic mass is 32.2. The lowest BCUT2D eigenvalue weighted by Gasteiger charge is -2.31. The predicted octanol–water partition coefficient (Wildman–Crippen LogP) is 1.37. The molecule has 1 aromatic carbocycles. The van der Waals surface area contributed by atoms with Crippen molar-refractivity contribution in [1.82, 2.24) is 9.79 Å². The van der Waals surface area contributed by atoms with Crippen LogP contribution < -0.4 is 5.48 Å². The molecule has 0 aromatic heterocycles. The molecule has 21 heavy (non-hydrogen) atoms. The van der Waals surface area contributed by atoms with Crippen molar-refractivity contribution in [2.75, 3.05) is 13.1 Å². The molecule has 1 fully saturated rings. The number of hydroxylamine groups is 1. The number of hydrogen-bond acceptors (Lipinski definition) is 4. The molecule has 0 radical (unpaired) electrons. The van der Waals surface area contributed by atoms with E-state index in [-0.39, 0.29) is 6.42 Å². The first-order valence-electron chi connectivity index (χ1n) is 7.02. The van der Waals surface area contributed by atoms with E-state index >= 15 is 0 Å². The molecule has 1 aliphatic heterocycles. The third kappa shape index (κ3) is 4.03. The number of carbonyl (C=O) groups is 1. The highest BCUT2D eigenvalue weighted by Gasteiger charge is 2.29. The fraction of sp³-hybridized carbons (Fsp3) is 0.500. The summed E-state index contributed by atoms with van der Waals surface area (Å²) in [5.41, 5.74) is 1.61.